The summed E-state index contributed by atoms with van der Waals surface area (Å²) in [5.41, 5.74) is 3.16. The molecule has 1 saturated heterocycles. The summed E-state index contributed by atoms with van der Waals surface area (Å²) in [6, 6.07) is 21.3. The first-order valence-corrected chi connectivity index (χ1v) is 11.2. The minimum atomic E-state index is -0.727. The molecule has 0 spiro atoms. The molecule has 2 aliphatic rings. The normalized spacial score (nSPS) is 20.8. The number of benzene rings is 3. The predicted octanol–water partition coefficient (Wildman–Crippen LogP) is 4.64. The van der Waals surface area contributed by atoms with Crippen molar-refractivity contribution in [3.8, 4) is 11.5 Å². The van der Waals surface area contributed by atoms with Crippen LogP contribution in [0.3, 0.4) is 0 Å². The lowest BCUT2D eigenvalue weighted by Gasteiger charge is -2.25. The van der Waals surface area contributed by atoms with Gasteiger partial charge in [-0.25, -0.2) is 0 Å². The van der Waals surface area contributed by atoms with Crippen molar-refractivity contribution in [3.05, 3.63) is 101 Å². The van der Waals surface area contributed by atoms with Gasteiger partial charge in [0.25, 0.3) is 11.7 Å². The minimum Gasteiger partial charge on any atom is -0.507 e. The van der Waals surface area contributed by atoms with E-state index in [0.29, 0.717) is 11.3 Å². The van der Waals surface area contributed by atoms with E-state index in [1.54, 1.807) is 31.4 Å². The molecular weight excluding hydrogens is 430 g/mol. The van der Waals surface area contributed by atoms with Crippen LogP contribution in [0.2, 0.25) is 0 Å². The highest BCUT2D eigenvalue weighted by atomic mass is 16.5. The minimum absolute atomic E-state index is 0.0585. The number of nitrogens with zero attached hydrogens (tertiary/aromatic N) is 1. The van der Waals surface area contributed by atoms with Gasteiger partial charge in [-0.15, -0.1) is 0 Å². The van der Waals surface area contributed by atoms with Gasteiger partial charge in [-0.2, -0.15) is 0 Å². The van der Waals surface area contributed by atoms with Crippen molar-refractivity contribution in [2.24, 2.45) is 0 Å². The monoisotopic (exact) mass is 455 g/mol. The van der Waals surface area contributed by atoms with E-state index in [4.69, 9.17) is 9.47 Å². The third-order valence-electron chi connectivity index (χ3n) is 6.34. The Labute approximate surface area is 198 Å². The zero-order valence-corrected chi connectivity index (χ0v) is 19.0. The van der Waals surface area contributed by atoms with Crippen LogP contribution in [0.15, 0.2) is 78.4 Å². The third-order valence-corrected chi connectivity index (χ3v) is 6.34. The van der Waals surface area contributed by atoms with Gasteiger partial charge in [-0.1, -0.05) is 42.5 Å². The Balaban J connectivity index is 1.62. The molecule has 0 saturated carbocycles. The number of likely N-dealkylation sites (tertiary alicyclic amines) is 1. The number of amides is 1. The molecule has 0 radical (unpaired) electrons. The molecule has 1 amide bonds. The molecule has 0 unspecified atom stereocenters. The van der Waals surface area contributed by atoms with Crippen LogP contribution in [0.25, 0.3) is 5.76 Å². The van der Waals surface area contributed by atoms with E-state index >= 15 is 0 Å². The van der Waals surface area contributed by atoms with E-state index in [-0.39, 0.29) is 24.0 Å². The largest absolute Gasteiger partial charge is 0.507 e. The number of methoxy groups -OCH3 is 1. The van der Waals surface area contributed by atoms with Gasteiger partial charge in [0.1, 0.15) is 23.4 Å². The summed E-state index contributed by atoms with van der Waals surface area (Å²) in [5, 5.41) is 11.3. The van der Waals surface area contributed by atoms with Gasteiger partial charge in [0.15, 0.2) is 0 Å². The van der Waals surface area contributed by atoms with Gasteiger partial charge in [0.2, 0.25) is 0 Å². The summed E-state index contributed by atoms with van der Waals surface area (Å²) < 4.78 is 11.0. The van der Waals surface area contributed by atoms with Gasteiger partial charge >= 0.3 is 0 Å². The first-order valence-electron chi connectivity index (χ1n) is 11.2. The van der Waals surface area contributed by atoms with E-state index in [2.05, 4.69) is 0 Å². The summed E-state index contributed by atoms with van der Waals surface area (Å²) in [6.45, 7) is 2.23. The SMILES string of the molecule is COc1ccc([C@@H]2/C(=C(\O)c3ccc4c(c3)C[C@@H](C)O4)C(=O)C(=O)N2Cc2ccccc2)cc1. The Morgan fingerprint density at radius 2 is 1.79 bits per heavy atom. The van der Waals surface area contributed by atoms with Crippen LogP contribution in [-0.4, -0.2) is 34.9 Å². The molecule has 6 nitrogen and oxygen atoms in total. The second kappa shape index (κ2) is 8.71. The fourth-order valence-corrected chi connectivity index (χ4v) is 4.68. The maximum Gasteiger partial charge on any atom is 0.295 e. The summed E-state index contributed by atoms with van der Waals surface area (Å²) in [7, 11) is 1.58. The Morgan fingerprint density at radius 3 is 2.50 bits per heavy atom. The van der Waals surface area contributed by atoms with Crippen molar-refractivity contribution in [1.82, 2.24) is 4.90 Å². The van der Waals surface area contributed by atoms with Crippen LogP contribution in [0.4, 0.5) is 0 Å². The van der Waals surface area contributed by atoms with E-state index in [1.807, 2.05) is 55.5 Å². The number of fused-ring (bicyclic) bond motifs is 1. The lowest BCUT2D eigenvalue weighted by molar-refractivity contribution is -0.140. The number of carbonyl (C=O) groups excluding carboxylic acids is 2. The maximum atomic E-state index is 13.3. The number of ether oxygens (including phenoxy) is 2. The number of hydrogen-bond acceptors (Lipinski definition) is 5. The van der Waals surface area contributed by atoms with Gasteiger partial charge in [0, 0.05) is 18.5 Å². The predicted molar refractivity (Wildman–Crippen MR) is 128 cm³/mol. The first-order chi connectivity index (χ1) is 16.5. The van der Waals surface area contributed by atoms with Crippen LogP contribution in [-0.2, 0) is 22.6 Å². The summed E-state index contributed by atoms with van der Waals surface area (Å²) in [6.07, 6.45) is 0.781. The molecule has 5 rings (SSSR count). The number of aliphatic hydroxyl groups excluding tert-OH is 1. The Morgan fingerprint density at radius 1 is 1.06 bits per heavy atom. The van der Waals surface area contributed by atoms with Crippen molar-refractivity contribution in [3.63, 3.8) is 0 Å². The van der Waals surface area contributed by atoms with Gasteiger partial charge < -0.3 is 19.5 Å². The number of Topliss-reactive ketones (excluding diaryl/α,β-unsaturated/α-hetero) is 1. The van der Waals surface area contributed by atoms with Crippen molar-refractivity contribution in [2.45, 2.75) is 32.0 Å². The van der Waals surface area contributed by atoms with Crippen molar-refractivity contribution < 1.29 is 24.2 Å². The molecule has 0 aromatic heterocycles. The molecular formula is C28H25NO5. The first kappa shape index (κ1) is 21.8. The topological polar surface area (TPSA) is 76.1 Å². The molecule has 1 fully saturated rings. The Bertz CT molecular complexity index is 1280. The molecule has 34 heavy (non-hydrogen) atoms. The van der Waals surface area contributed by atoms with E-state index in [9.17, 15) is 14.7 Å². The average molecular weight is 456 g/mol. The third kappa shape index (κ3) is 3.81. The Kier molecular flexibility index (Phi) is 5.57. The van der Waals surface area contributed by atoms with Crippen LogP contribution >= 0.6 is 0 Å². The summed E-state index contributed by atoms with van der Waals surface area (Å²) >= 11 is 0. The lowest BCUT2D eigenvalue weighted by Crippen LogP contribution is -2.29. The van der Waals surface area contributed by atoms with Crippen molar-refractivity contribution >= 4 is 17.4 Å². The molecule has 2 heterocycles. The van der Waals surface area contributed by atoms with Crippen molar-refractivity contribution in [2.75, 3.05) is 7.11 Å². The van der Waals surface area contributed by atoms with E-state index in [0.717, 1.165) is 28.9 Å². The smallest absolute Gasteiger partial charge is 0.295 e. The summed E-state index contributed by atoms with van der Waals surface area (Å²) in [5.74, 6) is -0.0717. The van der Waals surface area contributed by atoms with E-state index < -0.39 is 17.7 Å². The van der Waals surface area contributed by atoms with Gasteiger partial charge in [0.05, 0.1) is 18.7 Å². The van der Waals surface area contributed by atoms with Gasteiger partial charge in [-0.05, 0) is 53.9 Å². The second-order valence-electron chi connectivity index (χ2n) is 8.64. The average Bonchev–Trinajstić information content (AvgIpc) is 3.35. The molecule has 2 atom stereocenters. The van der Waals surface area contributed by atoms with Crippen LogP contribution < -0.4 is 9.47 Å². The summed E-state index contributed by atoms with van der Waals surface area (Å²) in [4.78, 5) is 28.0. The highest BCUT2D eigenvalue weighted by Crippen LogP contribution is 2.41. The molecule has 3 aromatic rings. The second-order valence-corrected chi connectivity index (χ2v) is 8.64. The zero-order chi connectivity index (χ0) is 23.8. The fraction of sp³-hybridized carbons (Fsp3) is 0.214. The van der Waals surface area contributed by atoms with Crippen molar-refractivity contribution in [1.29, 1.82) is 0 Å². The molecule has 0 aliphatic carbocycles. The number of rotatable bonds is 5. The zero-order valence-electron chi connectivity index (χ0n) is 19.0. The number of hydrogen-bond donors (Lipinski definition) is 1. The molecule has 2 aliphatic heterocycles. The quantitative estimate of drug-likeness (QED) is 0.345. The van der Waals surface area contributed by atoms with Gasteiger partial charge in [-0.3, -0.25) is 9.59 Å². The van der Waals surface area contributed by atoms with E-state index in [1.165, 1.54) is 4.90 Å². The fourth-order valence-electron chi connectivity index (χ4n) is 4.68. The molecule has 3 aromatic carbocycles. The highest BCUT2D eigenvalue weighted by Gasteiger charge is 2.46. The number of carbonyl (C=O) groups is 2. The Hall–Kier alpha value is -4.06. The molecule has 172 valence electrons. The lowest BCUT2D eigenvalue weighted by atomic mass is 9.94. The number of ketones is 1. The molecule has 6 heteroatoms. The molecule has 1 N–H and O–H groups in total. The van der Waals surface area contributed by atoms with Crippen LogP contribution in [0, 0.1) is 0 Å². The highest BCUT2D eigenvalue weighted by molar-refractivity contribution is 6.46. The number of aliphatic hydroxyl groups is 1. The van der Waals surface area contributed by atoms with Crippen LogP contribution in [0.5, 0.6) is 11.5 Å². The molecule has 0 bridgehead atoms. The van der Waals surface area contributed by atoms with Crippen LogP contribution in [0.1, 0.15) is 35.2 Å². The standard InChI is InChI=1S/C28H25NO5/c1-17-14-21-15-20(10-13-23(21)34-17)26(30)24-25(19-8-11-22(33-2)12-9-19)29(28(32)27(24)31)16-18-6-4-3-5-7-18/h3-13,15,17,25,30H,14,16H2,1-2H3/b26-24+/t17-,25-/m1/s1. The maximum absolute atomic E-state index is 13.3.